The molecular weight excluding hydrogens is 278 g/mol. The zero-order valence-corrected chi connectivity index (χ0v) is 11.3. The Balaban J connectivity index is 1.93. The molecule has 1 fully saturated rings. The Morgan fingerprint density at radius 3 is 3.00 bits per heavy atom. The SMILES string of the molecule is C#CCCOc1ccc(Br)c(CNC2CC2)c1. The zero-order valence-electron chi connectivity index (χ0n) is 9.71. The summed E-state index contributed by atoms with van der Waals surface area (Å²) in [6, 6.07) is 6.76. The normalized spacial score (nSPS) is 14.4. The quantitative estimate of drug-likeness (QED) is 0.643. The molecule has 0 amide bonds. The number of terminal acetylenes is 1. The zero-order chi connectivity index (χ0) is 12.1. The molecule has 1 aliphatic carbocycles. The monoisotopic (exact) mass is 293 g/mol. The fourth-order valence-corrected chi connectivity index (χ4v) is 1.93. The van der Waals surface area contributed by atoms with Gasteiger partial charge in [-0.25, -0.2) is 0 Å². The van der Waals surface area contributed by atoms with E-state index in [4.69, 9.17) is 11.2 Å². The maximum atomic E-state index is 5.57. The van der Waals surface area contributed by atoms with Gasteiger partial charge in [0.1, 0.15) is 5.75 Å². The summed E-state index contributed by atoms with van der Waals surface area (Å²) < 4.78 is 6.69. The minimum absolute atomic E-state index is 0.577. The molecule has 0 bridgehead atoms. The first kappa shape index (κ1) is 12.5. The van der Waals surface area contributed by atoms with Gasteiger partial charge in [0.15, 0.2) is 0 Å². The van der Waals surface area contributed by atoms with Crippen molar-refractivity contribution in [2.24, 2.45) is 0 Å². The Bertz CT molecular complexity index is 421. The maximum Gasteiger partial charge on any atom is 0.119 e. The summed E-state index contributed by atoms with van der Waals surface area (Å²) >= 11 is 3.55. The van der Waals surface area contributed by atoms with Crippen LogP contribution in [0, 0.1) is 12.3 Å². The van der Waals surface area contributed by atoms with Gasteiger partial charge in [-0.15, -0.1) is 12.3 Å². The predicted molar refractivity (Wildman–Crippen MR) is 72.9 cm³/mol. The van der Waals surface area contributed by atoms with E-state index in [0.29, 0.717) is 19.1 Å². The van der Waals surface area contributed by atoms with Crippen LogP contribution in [0.2, 0.25) is 0 Å². The van der Waals surface area contributed by atoms with Crippen LogP contribution >= 0.6 is 15.9 Å². The van der Waals surface area contributed by atoms with Crippen LogP contribution in [0.25, 0.3) is 0 Å². The third kappa shape index (κ3) is 4.07. The third-order valence-corrected chi connectivity index (χ3v) is 3.46. The van der Waals surface area contributed by atoms with E-state index in [2.05, 4.69) is 33.2 Å². The average Bonchev–Trinajstić information content (AvgIpc) is 3.14. The molecule has 0 unspecified atom stereocenters. The molecule has 1 saturated carbocycles. The molecule has 0 heterocycles. The van der Waals surface area contributed by atoms with Crippen LogP contribution in [-0.4, -0.2) is 12.6 Å². The minimum Gasteiger partial charge on any atom is -0.493 e. The van der Waals surface area contributed by atoms with Crippen molar-refractivity contribution in [1.82, 2.24) is 5.32 Å². The molecule has 0 aromatic heterocycles. The first-order valence-electron chi connectivity index (χ1n) is 5.87. The summed E-state index contributed by atoms with van der Waals surface area (Å²) in [6.45, 7) is 1.46. The Kier molecular flexibility index (Phi) is 4.47. The van der Waals surface area contributed by atoms with Crippen molar-refractivity contribution in [3.05, 3.63) is 28.2 Å². The summed E-state index contributed by atoms with van der Waals surface area (Å²) in [4.78, 5) is 0. The van der Waals surface area contributed by atoms with E-state index in [-0.39, 0.29) is 0 Å². The summed E-state index contributed by atoms with van der Waals surface area (Å²) in [5, 5.41) is 3.49. The predicted octanol–water partition coefficient (Wildman–Crippen LogP) is 3.10. The van der Waals surface area contributed by atoms with E-state index < -0.39 is 0 Å². The number of benzene rings is 1. The fourth-order valence-electron chi connectivity index (χ4n) is 1.55. The molecule has 1 aromatic rings. The molecule has 0 saturated heterocycles. The smallest absolute Gasteiger partial charge is 0.119 e. The highest BCUT2D eigenvalue weighted by atomic mass is 79.9. The molecule has 2 rings (SSSR count). The Morgan fingerprint density at radius 2 is 2.29 bits per heavy atom. The van der Waals surface area contributed by atoms with E-state index in [1.54, 1.807) is 0 Å². The summed E-state index contributed by atoms with van der Waals surface area (Å²) in [7, 11) is 0. The van der Waals surface area contributed by atoms with Gasteiger partial charge in [-0.05, 0) is 36.6 Å². The van der Waals surface area contributed by atoms with Crippen molar-refractivity contribution in [1.29, 1.82) is 0 Å². The van der Waals surface area contributed by atoms with Gasteiger partial charge in [0.2, 0.25) is 0 Å². The molecule has 0 spiro atoms. The molecule has 1 N–H and O–H groups in total. The van der Waals surface area contributed by atoms with E-state index in [9.17, 15) is 0 Å². The van der Waals surface area contributed by atoms with Crippen LogP contribution in [0.1, 0.15) is 24.8 Å². The number of nitrogens with one attached hydrogen (secondary N) is 1. The molecule has 0 atom stereocenters. The Hall–Kier alpha value is -0.980. The van der Waals surface area contributed by atoms with E-state index in [0.717, 1.165) is 16.8 Å². The first-order chi connectivity index (χ1) is 8.29. The van der Waals surface area contributed by atoms with Crippen molar-refractivity contribution in [3.63, 3.8) is 0 Å². The molecule has 0 aliphatic heterocycles. The van der Waals surface area contributed by atoms with Gasteiger partial charge < -0.3 is 10.1 Å². The van der Waals surface area contributed by atoms with Gasteiger partial charge >= 0.3 is 0 Å². The second-order valence-corrected chi connectivity index (χ2v) is 5.07. The average molecular weight is 294 g/mol. The third-order valence-electron chi connectivity index (χ3n) is 2.69. The number of hydrogen-bond donors (Lipinski definition) is 1. The van der Waals surface area contributed by atoms with Crippen molar-refractivity contribution in [3.8, 4) is 18.1 Å². The Labute approximate surface area is 111 Å². The number of rotatable bonds is 6. The number of halogens is 1. The van der Waals surface area contributed by atoms with E-state index >= 15 is 0 Å². The lowest BCUT2D eigenvalue weighted by Gasteiger charge is -2.09. The highest BCUT2D eigenvalue weighted by Crippen LogP contribution is 2.25. The summed E-state index contributed by atoms with van der Waals surface area (Å²) in [5.41, 5.74) is 1.23. The van der Waals surface area contributed by atoms with Gasteiger partial charge in [-0.3, -0.25) is 0 Å². The molecule has 1 aliphatic rings. The second kappa shape index (κ2) is 6.09. The van der Waals surface area contributed by atoms with E-state index in [1.165, 1.54) is 18.4 Å². The summed E-state index contributed by atoms with van der Waals surface area (Å²) in [5.74, 6) is 3.45. The van der Waals surface area contributed by atoms with Crippen LogP contribution < -0.4 is 10.1 Å². The molecule has 1 aromatic carbocycles. The van der Waals surface area contributed by atoms with Crippen LogP contribution in [0.3, 0.4) is 0 Å². The largest absolute Gasteiger partial charge is 0.493 e. The molecule has 90 valence electrons. The molecule has 2 nitrogen and oxygen atoms in total. The van der Waals surface area contributed by atoms with Crippen molar-refractivity contribution in [2.45, 2.75) is 31.8 Å². The second-order valence-electron chi connectivity index (χ2n) is 4.21. The van der Waals surface area contributed by atoms with Gasteiger partial charge in [-0.1, -0.05) is 15.9 Å². The molecular formula is C14H16BrNO. The van der Waals surface area contributed by atoms with Crippen molar-refractivity contribution < 1.29 is 4.74 Å². The molecule has 0 radical (unpaired) electrons. The lowest BCUT2D eigenvalue weighted by molar-refractivity contribution is 0.327. The standard InChI is InChI=1S/C14H16BrNO/c1-2-3-8-17-13-6-7-14(15)11(9-13)10-16-12-4-5-12/h1,6-7,9,12,16H,3-5,8,10H2. The van der Waals surface area contributed by atoms with Crippen LogP contribution in [-0.2, 0) is 6.54 Å². The maximum absolute atomic E-state index is 5.57. The topological polar surface area (TPSA) is 21.3 Å². The van der Waals surface area contributed by atoms with Crippen LogP contribution in [0.15, 0.2) is 22.7 Å². The minimum atomic E-state index is 0.577. The Morgan fingerprint density at radius 1 is 1.47 bits per heavy atom. The lowest BCUT2D eigenvalue weighted by atomic mass is 10.2. The van der Waals surface area contributed by atoms with Crippen molar-refractivity contribution in [2.75, 3.05) is 6.61 Å². The van der Waals surface area contributed by atoms with Gasteiger partial charge in [0.25, 0.3) is 0 Å². The molecule has 17 heavy (non-hydrogen) atoms. The van der Waals surface area contributed by atoms with E-state index in [1.807, 2.05) is 12.1 Å². The molecule has 3 heteroatoms. The lowest BCUT2D eigenvalue weighted by Crippen LogP contribution is -2.15. The van der Waals surface area contributed by atoms with Gasteiger partial charge in [-0.2, -0.15) is 0 Å². The fraction of sp³-hybridized carbons (Fsp3) is 0.429. The van der Waals surface area contributed by atoms with Crippen LogP contribution in [0.4, 0.5) is 0 Å². The number of ether oxygens (including phenoxy) is 1. The highest BCUT2D eigenvalue weighted by molar-refractivity contribution is 9.10. The van der Waals surface area contributed by atoms with Crippen molar-refractivity contribution >= 4 is 15.9 Å². The number of hydrogen-bond acceptors (Lipinski definition) is 2. The van der Waals surface area contributed by atoms with Gasteiger partial charge in [0.05, 0.1) is 6.61 Å². The summed E-state index contributed by atoms with van der Waals surface area (Å²) in [6.07, 6.45) is 8.43. The van der Waals surface area contributed by atoms with Crippen LogP contribution in [0.5, 0.6) is 5.75 Å². The first-order valence-corrected chi connectivity index (χ1v) is 6.67. The highest BCUT2D eigenvalue weighted by Gasteiger charge is 2.20. The van der Waals surface area contributed by atoms with Gasteiger partial charge in [0, 0.05) is 23.5 Å².